The highest BCUT2D eigenvalue weighted by Crippen LogP contribution is 2.46. The molecule has 6 amide bonds. The summed E-state index contributed by atoms with van der Waals surface area (Å²) in [5.74, 6) is -3.76. The summed E-state index contributed by atoms with van der Waals surface area (Å²) in [7, 11) is 1.75. The largest absolute Gasteiger partial charge is 0.458 e. The molecule has 0 unspecified atom stereocenters. The average Bonchev–Trinajstić information content (AvgIpc) is 3.92. The molecule has 2 aromatic carbocycles. The summed E-state index contributed by atoms with van der Waals surface area (Å²) < 4.78 is 28.0. The topological polar surface area (TPSA) is 256 Å². The second-order valence-corrected chi connectivity index (χ2v) is 20.4. The molecule has 0 spiro atoms. The summed E-state index contributed by atoms with van der Waals surface area (Å²) in [5, 5.41) is 26.7. The van der Waals surface area contributed by atoms with Crippen molar-refractivity contribution >= 4 is 58.2 Å². The zero-order valence-corrected chi connectivity index (χ0v) is 42.2. The van der Waals surface area contributed by atoms with E-state index in [1.54, 1.807) is 65.9 Å². The Kier molecular flexibility index (Phi) is 14.3. The van der Waals surface area contributed by atoms with Gasteiger partial charge in [-0.05, 0) is 124 Å². The first kappa shape index (κ1) is 51.6. The van der Waals surface area contributed by atoms with Gasteiger partial charge >= 0.3 is 12.1 Å². The lowest BCUT2D eigenvalue weighted by atomic mass is 9.81. The monoisotopic (exact) mass is 1020 g/mol. The van der Waals surface area contributed by atoms with Crippen LogP contribution in [0.1, 0.15) is 117 Å². The Morgan fingerprint density at radius 3 is 2.35 bits per heavy atom. The van der Waals surface area contributed by atoms with Gasteiger partial charge in [-0.1, -0.05) is 26.8 Å². The third kappa shape index (κ3) is 9.56. The zero-order valence-electron chi connectivity index (χ0n) is 42.2. The van der Waals surface area contributed by atoms with Crippen molar-refractivity contribution in [3.63, 3.8) is 0 Å². The van der Waals surface area contributed by atoms with Crippen molar-refractivity contribution in [3.8, 4) is 11.4 Å². The number of nitrogens with one attached hydrogen (secondary N) is 5. The number of aryl methyl sites for hydroxylation is 1. The molecule has 9 rings (SSSR count). The van der Waals surface area contributed by atoms with Crippen LogP contribution in [-0.2, 0) is 76.6 Å². The number of imide groups is 1. The summed E-state index contributed by atoms with van der Waals surface area (Å²) >= 11 is 0. The van der Waals surface area contributed by atoms with Gasteiger partial charge in [0, 0.05) is 59.4 Å². The summed E-state index contributed by atoms with van der Waals surface area (Å²) in [6.45, 7) is 8.76. The van der Waals surface area contributed by atoms with Crippen LogP contribution in [0.25, 0.3) is 22.3 Å². The predicted octanol–water partition coefficient (Wildman–Crippen LogP) is 4.48. The van der Waals surface area contributed by atoms with Gasteiger partial charge < -0.3 is 45.7 Å². The molecule has 3 aliphatic heterocycles. The number of aliphatic hydroxyl groups is 1. The van der Waals surface area contributed by atoms with E-state index in [9.17, 15) is 43.5 Å². The van der Waals surface area contributed by atoms with Crippen LogP contribution in [0.3, 0.4) is 0 Å². The van der Waals surface area contributed by atoms with Crippen LogP contribution in [0, 0.1) is 30.5 Å². The smallest absolute Gasteiger partial charge is 0.407 e. The first-order valence-corrected chi connectivity index (χ1v) is 25.3. The maximum Gasteiger partial charge on any atom is 0.407 e. The highest BCUT2D eigenvalue weighted by atomic mass is 19.1. The number of amides is 6. The van der Waals surface area contributed by atoms with Crippen LogP contribution in [-0.4, -0.2) is 86.8 Å². The maximum atomic E-state index is 15.5. The van der Waals surface area contributed by atoms with Crippen molar-refractivity contribution in [3.05, 3.63) is 103 Å². The third-order valence-corrected chi connectivity index (χ3v) is 15.4. The summed E-state index contributed by atoms with van der Waals surface area (Å²) in [5.41, 5.74) is 3.23. The van der Waals surface area contributed by atoms with Gasteiger partial charge in [-0.25, -0.2) is 19.0 Å². The Bertz CT molecular complexity index is 3110. The van der Waals surface area contributed by atoms with Crippen LogP contribution in [0.15, 0.2) is 47.3 Å². The molecular formula is C54H61FN8O11. The van der Waals surface area contributed by atoms with E-state index in [0.29, 0.717) is 107 Å². The fourth-order valence-corrected chi connectivity index (χ4v) is 11.1. The van der Waals surface area contributed by atoms with E-state index in [-0.39, 0.29) is 72.8 Å². The van der Waals surface area contributed by atoms with Crippen molar-refractivity contribution in [2.45, 2.75) is 130 Å². The molecule has 5 heterocycles. The minimum atomic E-state index is -2.04. The minimum absolute atomic E-state index is 0.0322. The SMILES string of the molecule is CC[C@@]1(O)C(=O)OCc2c1cc1n(c2=O)Cc2c-1nc1cc(F)c(C)c3c1c2[C@@H](NC(=O)OCc1ccc(NC(=O)[C@H](C)NC(=O)[C@@H](NC(=O)C2CCC(CN4C(=O)C=CC4=O)CC2)C(C)C)cc1CNC)CC3. The van der Waals surface area contributed by atoms with Gasteiger partial charge in [-0.3, -0.25) is 33.7 Å². The fourth-order valence-electron chi connectivity index (χ4n) is 11.1. The third-order valence-electron chi connectivity index (χ3n) is 15.4. The molecule has 0 bridgehead atoms. The average molecular weight is 1020 g/mol. The van der Waals surface area contributed by atoms with Crippen molar-refractivity contribution in [1.82, 2.24) is 35.7 Å². The number of fused-ring (bicyclic) bond motifs is 5. The molecule has 390 valence electrons. The zero-order chi connectivity index (χ0) is 52.9. The van der Waals surface area contributed by atoms with Gasteiger partial charge in [0.25, 0.3) is 17.4 Å². The normalized spacial score (nSPS) is 21.4. The number of cyclic esters (lactones) is 1. The molecule has 1 saturated carbocycles. The van der Waals surface area contributed by atoms with Crippen LogP contribution < -0.4 is 32.1 Å². The number of hydrogen-bond acceptors (Lipinski definition) is 13. The van der Waals surface area contributed by atoms with Crippen LogP contribution in [0.4, 0.5) is 14.9 Å². The van der Waals surface area contributed by atoms with Gasteiger partial charge in [0.2, 0.25) is 17.7 Å². The first-order chi connectivity index (χ1) is 35.3. The van der Waals surface area contributed by atoms with Crippen molar-refractivity contribution < 1.29 is 52.5 Å². The van der Waals surface area contributed by atoms with E-state index in [0.717, 1.165) is 5.56 Å². The molecule has 19 nitrogen and oxygen atoms in total. The molecule has 2 aliphatic carbocycles. The van der Waals surface area contributed by atoms with Gasteiger partial charge in [-0.15, -0.1) is 0 Å². The fraction of sp³-hybridized carbons (Fsp3) is 0.463. The molecule has 4 aromatic rings. The van der Waals surface area contributed by atoms with E-state index >= 15 is 4.39 Å². The number of nitrogens with zero attached hydrogens (tertiary/aromatic N) is 3. The summed E-state index contributed by atoms with van der Waals surface area (Å²) in [6, 6.07) is 5.53. The molecule has 2 aromatic heterocycles. The molecule has 74 heavy (non-hydrogen) atoms. The molecular weight excluding hydrogens is 956 g/mol. The van der Waals surface area contributed by atoms with Crippen molar-refractivity contribution in [1.29, 1.82) is 0 Å². The van der Waals surface area contributed by atoms with Gasteiger partial charge in [0.15, 0.2) is 5.60 Å². The Balaban J connectivity index is 0.839. The highest BCUT2D eigenvalue weighted by Gasteiger charge is 2.46. The second kappa shape index (κ2) is 20.5. The minimum Gasteiger partial charge on any atom is -0.458 e. The number of benzene rings is 2. The van der Waals surface area contributed by atoms with E-state index < -0.39 is 59.0 Å². The number of hydrogen-bond donors (Lipinski definition) is 6. The Hall–Kier alpha value is -7.32. The van der Waals surface area contributed by atoms with Gasteiger partial charge in [-0.2, -0.15) is 0 Å². The lowest BCUT2D eigenvalue weighted by Crippen LogP contribution is -2.54. The number of pyridine rings is 2. The lowest BCUT2D eigenvalue weighted by molar-refractivity contribution is -0.172. The maximum absolute atomic E-state index is 15.5. The summed E-state index contributed by atoms with van der Waals surface area (Å²) in [4.78, 5) is 111. The van der Waals surface area contributed by atoms with Gasteiger partial charge in [0.1, 0.15) is 31.1 Å². The quantitative estimate of drug-likeness (QED) is 0.0626. The number of ether oxygens (including phenoxy) is 2. The number of halogens is 1. The number of alkyl carbamates (subject to hydrolysis) is 1. The van der Waals surface area contributed by atoms with Crippen molar-refractivity contribution in [2.75, 3.05) is 18.9 Å². The van der Waals surface area contributed by atoms with Crippen LogP contribution in [0.2, 0.25) is 0 Å². The number of carbonyl (C=O) groups excluding carboxylic acids is 7. The van der Waals surface area contributed by atoms with Gasteiger partial charge in [0.05, 0.1) is 35.1 Å². The van der Waals surface area contributed by atoms with E-state index in [2.05, 4.69) is 26.6 Å². The predicted molar refractivity (Wildman–Crippen MR) is 267 cm³/mol. The Morgan fingerprint density at radius 1 is 0.932 bits per heavy atom. The van der Waals surface area contributed by atoms with Crippen LogP contribution in [0.5, 0.6) is 0 Å². The molecule has 1 fully saturated rings. The van der Waals surface area contributed by atoms with Crippen LogP contribution >= 0.6 is 0 Å². The number of rotatable bonds is 15. The van der Waals surface area contributed by atoms with Crippen molar-refractivity contribution in [2.24, 2.45) is 17.8 Å². The van der Waals surface area contributed by atoms with E-state index in [1.807, 2.05) is 0 Å². The molecule has 20 heteroatoms. The first-order valence-electron chi connectivity index (χ1n) is 25.3. The Morgan fingerprint density at radius 2 is 1.66 bits per heavy atom. The molecule has 4 atom stereocenters. The molecule has 0 saturated heterocycles. The lowest BCUT2D eigenvalue weighted by Gasteiger charge is -2.31. The molecule has 5 aliphatic rings. The second-order valence-electron chi connectivity index (χ2n) is 20.4. The van der Waals surface area contributed by atoms with E-state index in [4.69, 9.17) is 14.5 Å². The number of carbonyl (C=O) groups is 7. The number of aromatic nitrogens is 2. The van der Waals surface area contributed by atoms with E-state index in [1.165, 1.54) is 27.7 Å². The standard InChI is InChI=1S/C54H61FN8O11/c1-7-54(72)37-19-41-47-35(23-62(41)51(69)36(37)25-73-52(54)70)45-39(15-14-34-27(4)38(55)20-40(59-47)44(34)45)60-53(71)74-24-31-12-13-33(18-32(31)21-56-6)58-48(66)28(5)57-50(68)46(26(2)3)61-49(67)30-10-8-29(9-11-30)22-63-42(64)16-17-43(63)65/h12-13,16-20,26,28-30,39,46,56,72H,7-11,14-15,21-25H2,1-6H3,(H,57,68)(H,58,66)(H,60,71)(H,61,67)/t28-,29?,30?,39-,46-,54-/m0/s1. The molecule has 0 radical (unpaired) electrons. The Labute approximate surface area is 426 Å². The number of esters is 1. The summed E-state index contributed by atoms with van der Waals surface area (Å²) in [6.07, 6.45) is 4.99. The highest BCUT2D eigenvalue weighted by molar-refractivity contribution is 6.13. The number of anilines is 1. The molecule has 6 N–H and O–H groups in total.